The van der Waals surface area contributed by atoms with Gasteiger partial charge in [-0.15, -0.1) is 0 Å². The van der Waals surface area contributed by atoms with E-state index in [9.17, 15) is 5.11 Å². The van der Waals surface area contributed by atoms with Crippen molar-refractivity contribution in [3.8, 4) is 0 Å². The summed E-state index contributed by atoms with van der Waals surface area (Å²) in [5, 5.41) is 13.3. The highest BCUT2D eigenvalue weighted by atomic mass is 16.3. The predicted octanol–water partition coefficient (Wildman–Crippen LogP) is 2.28. The van der Waals surface area contributed by atoms with Crippen LogP contribution in [0.3, 0.4) is 0 Å². The third-order valence-electron chi connectivity index (χ3n) is 3.33. The van der Waals surface area contributed by atoms with Crippen LogP contribution in [0.15, 0.2) is 0 Å². The first kappa shape index (κ1) is 13.9. The van der Waals surface area contributed by atoms with E-state index >= 15 is 0 Å². The normalized spacial score (nSPS) is 18.6. The van der Waals surface area contributed by atoms with Gasteiger partial charge in [-0.25, -0.2) is 0 Å². The lowest BCUT2D eigenvalue weighted by atomic mass is 9.92. The Morgan fingerprint density at radius 2 is 1.64 bits per heavy atom. The molecule has 0 saturated heterocycles. The molecule has 0 aromatic carbocycles. The van der Waals surface area contributed by atoms with Gasteiger partial charge in [0.15, 0.2) is 0 Å². The third-order valence-corrected chi connectivity index (χ3v) is 3.33. The van der Waals surface area contributed by atoms with Crippen LogP contribution in [0.2, 0.25) is 0 Å². The van der Waals surface area contributed by atoms with Gasteiger partial charge in [0.05, 0.1) is 5.60 Å². The molecule has 0 aromatic heterocycles. The molecule has 0 aliphatic carbocycles. The molecule has 0 aromatic rings. The number of aliphatic hydroxyl groups is 1. The number of hydrogen-bond donors (Lipinski definition) is 2. The second-order valence-electron chi connectivity index (χ2n) is 5.36. The average Bonchev–Trinajstić information content (AvgIpc) is 2.03. The molecule has 2 nitrogen and oxygen atoms in total. The highest BCUT2D eigenvalue weighted by Gasteiger charge is 2.24. The third kappa shape index (κ3) is 4.97. The van der Waals surface area contributed by atoms with Crippen LogP contribution in [0.25, 0.3) is 0 Å². The maximum atomic E-state index is 9.98. The molecule has 0 aliphatic heterocycles. The zero-order valence-electron chi connectivity index (χ0n) is 10.6. The first-order chi connectivity index (χ1) is 6.27. The van der Waals surface area contributed by atoms with Crippen LogP contribution < -0.4 is 5.32 Å². The quantitative estimate of drug-likeness (QED) is 0.691. The standard InChI is InChI=1S/C12H27NO/c1-9(2)11(5)7-13-8-12(6,14)10(3)4/h9-11,13-14H,7-8H2,1-6H3. The van der Waals surface area contributed by atoms with Crippen molar-refractivity contribution >= 4 is 0 Å². The maximum Gasteiger partial charge on any atom is 0.0766 e. The number of rotatable bonds is 6. The highest BCUT2D eigenvalue weighted by molar-refractivity contribution is 4.79. The van der Waals surface area contributed by atoms with Crippen molar-refractivity contribution in [2.45, 2.75) is 47.1 Å². The van der Waals surface area contributed by atoms with E-state index < -0.39 is 5.60 Å². The molecule has 0 fully saturated rings. The van der Waals surface area contributed by atoms with Crippen molar-refractivity contribution in [3.63, 3.8) is 0 Å². The average molecular weight is 201 g/mol. The summed E-state index contributed by atoms with van der Waals surface area (Å²) in [5.41, 5.74) is -0.587. The minimum Gasteiger partial charge on any atom is -0.389 e. The Hall–Kier alpha value is -0.0800. The van der Waals surface area contributed by atoms with E-state index in [0.29, 0.717) is 24.3 Å². The molecule has 0 aliphatic rings. The van der Waals surface area contributed by atoms with Crippen molar-refractivity contribution in [3.05, 3.63) is 0 Å². The summed E-state index contributed by atoms with van der Waals surface area (Å²) >= 11 is 0. The van der Waals surface area contributed by atoms with Crippen LogP contribution in [-0.2, 0) is 0 Å². The van der Waals surface area contributed by atoms with E-state index in [4.69, 9.17) is 0 Å². The van der Waals surface area contributed by atoms with Crippen molar-refractivity contribution < 1.29 is 5.11 Å². The Morgan fingerprint density at radius 1 is 1.14 bits per heavy atom. The summed E-state index contributed by atoms with van der Waals surface area (Å²) < 4.78 is 0. The van der Waals surface area contributed by atoms with E-state index in [2.05, 4.69) is 26.1 Å². The summed E-state index contributed by atoms with van der Waals surface area (Å²) in [5.74, 6) is 1.66. The first-order valence-corrected chi connectivity index (χ1v) is 5.70. The summed E-state index contributed by atoms with van der Waals surface area (Å²) in [4.78, 5) is 0. The van der Waals surface area contributed by atoms with Gasteiger partial charge in [-0.2, -0.15) is 0 Å². The smallest absolute Gasteiger partial charge is 0.0766 e. The van der Waals surface area contributed by atoms with Crippen molar-refractivity contribution in [2.24, 2.45) is 17.8 Å². The Labute approximate surface area is 89.1 Å². The molecule has 2 N–H and O–H groups in total. The van der Waals surface area contributed by atoms with Crippen LogP contribution >= 0.6 is 0 Å². The Balaban J connectivity index is 3.74. The molecule has 0 rings (SSSR count). The van der Waals surface area contributed by atoms with Gasteiger partial charge in [0.25, 0.3) is 0 Å². The molecule has 0 spiro atoms. The van der Waals surface area contributed by atoms with Gasteiger partial charge < -0.3 is 10.4 Å². The van der Waals surface area contributed by atoms with Crippen LogP contribution in [0, 0.1) is 17.8 Å². The molecule has 0 bridgehead atoms. The Kier molecular flexibility index (Phi) is 5.68. The topological polar surface area (TPSA) is 32.3 Å². The van der Waals surface area contributed by atoms with E-state index in [1.54, 1.807) is 0 Å². The van der Waals surface area contributed by atoms with Gasteiger partial charge in [-0.05, 0) is 31.2 Å². The van der Waals surface area contributed by atoms with Crippen molar-refractivity contribution in [1.29, 1.82) is 0 Å². The van der Waals surface area contributed by atoms with Gasteiger partial charge in [-0.1, -0.05) is 34.6 Å². The molecule has 0 saturated carbocycles. The van der Waals surface area contributed by atoms with Gasteiger partial charge in [0, 0.05) is 6.54 Å². The van der Waals surface area contributed by atoms with Crippen LogP contribution in [0.5, 0.6) is 0 Å². The van der Waals surface area contributed by atoms with E-state index in [0.717, 1.165) is 6.54 Å². The van der Waals surface area contributed by atoms with E-state index in [1.165, 1.54) is 0 Å². The number of nitrogens with one attached hydrogen (secondary N) is 1. The zero-order chi connectivity index (χ0) is 11.4. The van der Waals surface area contributed by atoms with Crippen LogP contribution in [0.4, 0.5) is 0 Å². The molecule has 14 heavy (non-hydrogen) atoms. The fourth-order valence-corrected chi connectivity index (χ4v) is 0.993. The summed E-state index contributed by atoms with van der Waals surface area (Å²) in [6.45, 7) is 14.4. The summed E-state index contributed by atoms with van der Waals surface area (Å²) in [6, 6.07) is 0. The number of hydrogen-bond acceptors (Lipinski definition) is 2. The first-order valence-electron chi connectivity index (χ1n) is 5.70. The minimum atomic E-state index is -0.587. The van der Waals surface area contributed by atoms with E-state index in [1.807, 2.05) is 20.8 Å². The van der Waals surface area contributed by atoms with E-state index in [-0.39, 0.29) is 0 Å². The zero-order valence-corrected chi connectivity index (χ0v) is 10.6. The van der Waals surface area contributed by atoms with Gasteiger partial charge in [0.2, 0.25) is 0 Å². The summed E-state index contributed by atoms with van der Waals surface area (Å²) in [6.07, 6.45) is 0. The molecule has 2 unspecified atom stereocenters. The predicted molar refractivity (Wildman–Crippen MR) is 62.3 cm³/mol. The van der Waals surface area contributed by atoms with Gasteiger partial charge >= 0.3 is 0 Å². The fourth-order valence-electron chi connectivity index (χ4n) is 0.993. The summed E-state index contributed by atoms with van der Waals surface area (Å²) in [7, 11) is 0. The Bertz CT molecular complexity index is 152. The fraction of sp³-hybridized carbons (Fsp3) is 1.00. The maximum absolute atomic E-state index is 9.98. The molecule has 0 heterocycles. The molecule has 0 amide bonds. The lowest BCUT2D eigenvalue weighted by Crippen LogP contribution is -2.43. The monoisotopic (exact) mass is 201 g/mol. The van der Waals surface area contributed by atoms with Gasteiger partial charge in [0.1, 0.15) is 0 Å². The van der Waals surface area contributed by atoms with Gasteiger partial charge in [-0.3, -0.25) is 0 Å². The molecular weight excluding hydrogens is 174 g/mol. The molecule has 2 atom stereocenters. The largest absolute Gasteiger partial charge is 0.389 e. The molecule has 86 valence electrons. The molecule has 2 heteroatoms. The van der Waals surface area contributed by atoms with Crippen LogP contribution in [-0.4, -0.2) is 23.8 Å². The van der Waals surface area contributed by atoms with Crippen LogP contribution in [0.1, 0.15) is 41.5 Å². The van der Waals surface area contributed by atoms with Crippen molar-refractivity contribution in [2.75, 3.05) is 13.1 Å². The second-order valence-corrected chi connectivity index (χ2v) is 5.36. The highest BCUT2D eigenvalue weighted by Crippen LogP contribution is 2.15. The second kappa shape index (κ2) is 5.72. The van der Waals surface area contributed by atoms with Crippen molar-refractivity contribution in [1.82, 2.24) is 5.32 Å². The molecular formula is C12H27NO. The SMILES string of the molecule is CC(C)C(C)CNCC(C)(O)C(C)C. The lowest BCUT2D eigenvalue weighted by Gasteiger charge is -2.29. The lowest BCUT2D eigenvalue weighted by molar-refractivity contribution is 0.0133. The minimum absolute atomic E-state index is 0.296. The molecule has 0 radical (unpaired) electrons. The Morgan fingerprint density at radius 3 is 2.00 bits per heavy atom.